The largest absolute Gasteiger partial charge is 0.399 e. The molecule has 0 aliphatic heterocycles. The maximum absolute atomic E-state index is 11.4. The molecule has 0 aliphatic rings. The third-order valence-electron chi connectivity index (χ3n) is 1.55. The second-order valence-electron chi connectivity index (χ2n) is 2.61. The lowest BCUT2D eigenvalue weighted by Crippen LogP contribution is -2.05. The molecule has 0 amide bonds. The minimum Gasteiger partial charge on any atom is -0.399 e. The molecule has 1 aromatic carbocycles. The Morgan fingerprint density at radius 2 is 2.14 bits per heavy atom. The van der Waals surface area contributed by atoms with E-state index in [-0.39, 0.29) is 9.92 Å². The van der Waals surface area contributed by atoms with Crippen LogP contribution in [0.15, 0.2) is 23.1 Å². The monoisotopic (exact) mass is 230 g/mol. The lowest BCUT2D eigenvalue weighted by Gasteiger charge is -2.03. The van der Waals surface area contributed by atoms with Gasteiger partial charge in [0, 0.05) is 5.69 Å². The van der Waals surface area contributed by atoms with E-state index in [2.05, 4.69) is 0 Å². The first kappa shape index (κ1) is 10.8. The number of nitrogens with zero attached hydrogens (tertiary/aromatic N) is 1. The smallest absolute Gasteiger partial charge is 0.193 e. The number of anilines is 1. The maximum atomic E-state index is 11.4. The lowest BCUT2D eigenvalue weighted by molar-refractivity contribution is 0.599. The van der Waals surface area contributed by atoms with Gasteiger partial charge in [0.25, 0.3) is 0 Å². The van der Waals surface area contributed by atoms with Crippen molar-refractivity contribution in [2.75, 3.05) is 11.5 Å². The molecule has 14 heavy (non-hydrogen) atoms. The van der Waals surface area contributed by atoms with Crippen LogP contribution < -0.4 is 5.73 Å². The first-order valence-corrected chi connectivity index (χ1v) is 5.65. The maximum Gasteiger partial charge on any atom is 0.193 e. The average molecular weight is 231 g/mol. The van der Waals surface area contributed by atoms with Crippen molar-refractivity contribution in [3.63, 3.8) is 0 Å². The number of sulfone groups is 1. The third kappa shape index (κ3) is 2.16. The number of nitrogen functional groups attached to an aromatic ring is 1. The SMILES string of the molecule is N#CCS(=O)(=O)c1ccc(N)cc1Cl. The van der Waals surface area contributed by atoms with Gasteiger partial charge in [-0.25, -0.2) is 8.42 Å². The zero-order chi connectivity index (χ0) is 10.8. The van der Waals surface area contributed by atoms with Crippen molar-refractivity contribution in [1.29, 1.82) is 5.26 Å². The van der Waals surface area contributed by atoms with Crippen molar-refractivity contribution in [2.45, 2.75) is 4.90 Å². The molecule has 0 saturated heterocycles. The van der Waals surface area contributed by atoms with Gasteiger partial charge in [-0.2, -0.15) is 5.26 Å². The minimum absolute atomic E-state index is 0.0419. The van der Waals surface area contributed by atoms with E-state index >= 15 is 0 Å². The summed E-state index contributed by atoms with van der Waals surface area (Å²) >= 11 is 5.68. The second-order valence-corrected chi connectivity index (χ2v) is 4.97. The van der Waals surface area contributed by atoms with Gasteiger partial charge in [0.2, 0.25) is 0 Å². The van der Waals surface area contributed by atoms with E-state index in [1.165, 1.54) is 18.2 Å². The molecule has 0 bridgehead atoms. The van der Waals surface area contributed by atoms with E-state index in [9.17, 15) is 8.42 Å². The van der Waals surface area contributed by atoms with Crippen molar-refractivity contribution in [3.8, 4) is 6.07 Å². The standard InChI is InChI=1S/C8H7ClN2O2S/c9-7-5-6(11)1-2-8(7)14(12,13)4-3-10/h1-2,5H,4,11H2. The van der Waals surface area contributed by atoms with Crippen molar-refractivity contribution < 1.29 is 8.42 Å². The molecule has 0 aromatic heterocycles. The summed E-state index contributed by atoms with van der Waals surface area (Å²) in [6, 6.07) is 5.63. The molecule has 0 spiro atoms. The van der Waals surface area contributed by atoms with Gasteiger partial charge in [-0.05, 0) is 18.2 Å². The van der Waals surface area contributed by atoms with Crippen LogP contribution in [0.2, 0.25) is 5.02 Å². The molecule has 0 heterocycles. The number of hydrogen-bond acceptors (Lipinski definition) is 4. The van der Waals surface area contributed by atoms with Gasteiger partial charge in [0.1, 0.15) is 5.75 Å². The molecule has 4 nitrogen and oxygen atoms in total. The van der Waals surface area contributed by atoms with Crippen LogP contribution in [-0.2, 0) is 9.84 Å². The number of nitriles is 1. The van der Waals surface area contributed by atoms with Gasteiger partial charge in [-0.1, -0.05) is 11.6 Å². The fraction of sp³-hybridized carbons (Fsp3) is 0.125. The number of benzene rings is 1. The Kier molecular flexibility index (Phi) is 2.99. The predicted octanol–water partition coefficient (Wildman–Crippen LogP) is 1.22. The molecule has 0 radical (unpaired) electrons. The Labute approximate surface area is 86.8 Å². The van der Waals surface area contributed by atoms with Crippen LogP contribution in [0.25, 0.3) is 0 Å². The number of halogens is 1. The van der Waals surface area contributed by atoms with Crippen LogP contribution in [0, 0.1) is 11.3 Å². The second kappa shape index (κ2) is 3.86. The highest BCUT2D eigenvalue weighted by molar-refractivity contribution is 7.91. The van der Waals surface area contributed by atoms with Gasteiger partial charge in [-0.3, -0.25) is 0 Å². The number of nitrogens with two attached hydrogens (primary N) is 1. The van der Waals surface area contributed by atoms with Crippen molar-refractivity contribution in [3.05, 3.63) is 23.2 Å². The van der Waals surface area contributed by atoms with E-state index in [1.54, 1.807) is 6.07 Å². The normalized spacial score (nSPS) is 10.9. The van der Waals surface area contributed by atoms with Crippen molar-refractivity contribution in [1.82, 2.24) is 0 Å². The van der Waals surface area contributed by atoms with E-state index in [0.717, 1.165) is 0 Å². The highest BCUT2D eigenvalue weighted by Gasteiger charge is 2.17. The molecule has 0 saturated carbocycles. The first-order valence-electron chi connectivity index (χ1n) is 3.62. The topological polar surface area (TPSA) is 84.0 Å². The van der Waals surface area contributed by atoms with Crippen LogP contribution in [0.1, 0.15) is 0 Å². The molecular formula is C8H7ClN2O2S. The van der Waals surface area contributed by atoms with E-state index in [0.29, 0.717) is 5.69 Å². The molecule has 74 valence electrons. The molecule has 0 atom stereocenters. The van der Waals surface area contributed by atoms with Crippen LogP contribution in [0.3, 0.4) is 0 Å². The predicted molar refractivity (Wildman–Crippen MR) is 53.5 cm³/mol. The van der Waals surface area contributed by atoms with Crippen molar-refractivity contribution in [2.24, 2.45) is 0 Å². The summed E-state index contributed by atoms with van der Waals surface area (Å²) in [5.41, 5.74) is 5.78. The zero-order valence-electron chi connectivity index (χ0n) is 7.07. The van der Waals surface area contributed by atoms with E-state index in [4.69, 9.17) is 22.6 Å². The molecule has 0 unspecified atom stereocenters. The minimum atomic E-state index is -3.61. The highest BCUT2D eigenvalue weighted by Crippen LogP contribution is 2.24. The van der Waals surface area contributed by atoms with Gasteiger partial charge in [0.15, 0.2) is 9.84 Å². The summed E-state index contributed by atoms with van der Waals surface area (Å²) < 4.78 is 22.8. The summed E-state index contributed by atoms with van der Waals surface area (Å²) in [7, 11) is -3.61. The van der Waals surface area contributed by atoms with E-state index < -0.39 is 15.6 Å². The fourth-order valence-corrected chi connectivity index (χ4v) is 2.43. The molecule has 2 N–H and O–H groups in total. The Morgan fingerprint density at radius 1 is 1.50 bits per heavy atom. The quantitative estimate of drug-likeness (QED) is 0.775. The van der Waals surface area contributed by atoms with Crippen LogP contribution >= 0.6 is 11.6 Å². The summed E-state index contributed by atoms with van der Waals surface area (Å²) in [5.74, 6) is -0.587. The van der Waals surface area contributed by atoms with Crippen LogP contribution in [0.4, 0.5) is 5.69 Å². The summed E-state index contributed by atoms with van der Waals surface area (Å²) in [5, 5.41) is 8.35. The Hall–Kier alpha value is -1.25. The van der Waals surface area contributed by atoms with Crippen molar-refractivity contribution >= 4 is 27.1 Å². The summed E-state index contributed by atoms with van der Waals surface area (Å²) in [6.07, 6.45) is 0. The zero-order valence-corrected chi connectivity index (χ0v) is 8.64. The Bertz CT molecular complexity index is 491. The lowest BCUT2D eigenvalue weighted by atomic mass is 10.3. The van der Waals surface area contributed by atoms with Gasteiger partial charge < -0.3 is 5.73 Å². The van der Waals surface area contributed by atoms with Gasteiger partial charge >= 0.3 is 0 Å². The van der Waals surface area contributed by atoms with Gasteiger partial charge in [-0.15, -0.1) is 0 Å². The molecule has 1 rings (SSSR count). The van der Waals surface area contributed by atoms with Crippen LogP contribution in [0.5, 0.6) is 0 Å². The summed E-state index contributed by atoms with van der Waals surface area (Å²) in [4.78, 5) is -0.0603. The molecule has 0 aliphatic carbocycles. The highest BCUT2D eigenvalue weighted by atomic mass is 35.5. The Morgan fingerprint density at radius 3 is 2.64 bits per heavy atom. The molecule has 6 heteroatoms. The number of hydrogen-bond donors (Lipinski definition) is 1. The Balaban J connectivity index is 3.29. The van der Waals surface area contributed by atoms with E-state index in [1.807, 2.05) is 0 Å². The summed E-state index contributed by atoms with van der Waals surface area (Å²) in [6.45, 7) is 0. The fourth-order valence-electron chi connectivity index (χ4n) is 0.932. The van der Waals surface area contributed by atoms with Crippen LogP contribution in [-0.4, -0.2) is 14.2 Å². The molecule has 0 fully saturated rings. The number of rotatable bonds is 2. The van der Waals surface area contributed by atoms with Gasteiger partial charge in [0.05, 0.1) is 16.0 Å². The third-order valence-corrected chi connectivity index (χ3v) is 3.51. The average Bonchev–Trinajstić information content (AvgIpc) is 2.02. The first-order chi connectivity index (χ1) is 6.47. The molecule has 1 aromatic rings. The molecular weight excluding hydrogens is 224 g/mol.